The second-order valence-corrected chi connectivity index (χ2v) is 7.96. The fraction of sp³-hybridized carbons (Fsp3) is 0.588. The summed E-state index contributed by atoms with van der Waals surface area (Å²) in [6, 6.07) is 7.52. The summed E-state index contributed by atoms with van der Waals surface area (Å²) in [6.07, 6.45) is 6.31. The van der Waals surface area contributed by atoms with Gasteiger partial charge in [0.1, 0.15) is 5.75 Å². The maximum atomic E-state index is 12.0. The second kappa shape index (κ2) is 9.46. The van der Waals surface area contributed by atoms with Crippen molar-refractivity contribution in [2.45, 2.75) is 50.4 Å². The quantitative estimate of drug-likeness (QED) is 0.706. The van der Waals surface area contributed by atoms with E-state index in [1.807, 2.05) is 36.0 Å². The first-order valence-electron chi connectivity index (χ1n) is 7.96. The molecule has 0 unspecified atom stereocenters. The van der Waals surface area contributed by atoms with Crippen molar-refractivity contribution < 1.29 is 9.53 Å². The summed E-state index contributed by atoms with van der Waals surface area (Å²) in [4.78, 5) is 12.0. The van der Waals surface area contributed by atoms with Gasteiger partial charge < -0.3 is 10.1 Å². The van der Waals surface area contributed by atoms with E-state index in [9.17, 15) is 4.79 Å². The Bertz CT molecular complexity index is 460. The van der Waals surface area contributed by atoms with E-state index in [2.05, 4.69) is 21.2 Å². The monoisotopic (exact) mass is 385 g/mol. The summed E-state index contributed by atoms with van der Waals surface area (Å²) in [5.74, 6) is 1.65. The molecule has 0 heterocycles. The van der Waals surface area contributed by atoms with Crippen LogP contribution in [0.3, 0.4) is 0 Å². The number of hydrogen-bond acceptors (Lipinski definition) is 3. The second-order valence-electron chi connectivity index (χ2n) is 5.64. The van der Waals surface area contributed by atoms with Crippen LogP contribution in [0.2, 0.25) is 0 Å². The van der Waals surface area contributed by atoms with Crippen LogP contribution < -0.4 is 10.1 Å². The first-order valence-corrected chi connectivity index (χ1v) is 9.81. The molecule has 0 bridgehead atoms. The molecule has 0 saturated heterocycles. The van der Waals surface area contributed by atoms with Crippen LogP contribution in [0.25, 0.3) is 0 Å². The molecular weight excluding hydrogens is 362 g/mol. The minimum Gasteiger partial charge on any atom is -0.481 e. The Hall–Kier alpha value is -0.680. The maximum Gasteiger partial charge on any atom is 0.260 e. The lowest BCUT2D eigenvalue weighted by atomic mass is 10.0. The van der Waals surface area contributed by atoms with Crippen molar-refractivity contribution in [3.63, 3.8) is 0 Å². The predicted molar refractivity (Wildman–Crippen MR) is 96.6 cm³/mol. The van der Waals surface area contributed by atoms with Crippen LogP contribution in [0.1, 0.15) is 39.0 Å². The topological polar surface area (TPSA) is 38.3 Å². The molecule has 5 heteroatoms. The van der Waals surface area contributed by atoms with Crippen LogP contribution >= 0.6 is 27.7 Å². The van der Waals surface area contributed by atoms with E-state index in [1.54, 1.807) is 6.92 Å². The molecule has 2 rings (SSSR count). The van der Waals surface area contributed by atoms with Crippen LogP contribution in [0.15, 0.2) is 28.7 Å². The van der Waals surface area contributed by atoms with Crippen molar-refractivity contribution in [1.29, 1.82) is 0 Å². The minimum atomic E-state index is -0.471. The smallest absolute Gasteiger partial charge is 0.260 e. The lowest BCUT2D eigenvalue weighted by Gasteiger charge is -2.21. The van der Waals surface area contributed by atoms with Crippen LogP contribution in [0.5, 0.6) is 5.75 Å². The summed E-state index contributed by atoms with van der Waals surface area (Å²) in [5, 5.41) is 3.75. The van der Waals surface area contributed by atoms with Crippen molar-refractivity contribution in [2.75, 3.05) is 12.3 Å². The van der Waals surface area contributed by atoms with Gasteiger partial charge in [0.05, 0.1) is 0 Å². The molecule has 1 aromatic rings. The zero-order valence-electron chi connectivity index (χ0n) is 13.0. The molecular formula is C17H24BrNO2S. The highest BCUT2D eigenvalue weighted by atomic mass is 79.9. The van der Waals surface area contributed by atoms with Gasteiger partial charge in [-0.05, 0) is 44.0 Å². The summed E-state index contributed by atoms with van der Waals surface area (Å²) < 4.78 is 6.64. The van der Waals surface area contributed by atoms with Gasteiger partial charge in [-0.3, -0.25) is 4.79 Å². The van der Waals surface area contributed by atoms with Crippen LogP contribution in [0.4, 0.5) is 0 Å². The maximum absolute atomic E-state index is 12.0. The Morgan fingerprint density at radius 1 is 1.32 bits per heavy atom. The van der Waals surface area contributed by atoms with Crippen molar-refractivity contribution in [3.8, 4) is 5.75 Å². The molecule has 1 fully saturated rings. The number of hydrogen-bond donors (Lipinski definition) is 1. The van der Waals surface area contributed by atoms with Crippen LogP contribution in [0, 0.1) is 0 Å². The number of carbonyl (C=O) groups excluding carboxylic acids is 1. The molecule has 1 N–H and O–H groups in total. The highest BCUT2D eigenvalue weighted by molar-refractivity contribution is 9.10. The summed E-state index contributed by atoms with van der Waals surface area (Å²) in [6.45, 7) is 2.50. The van der Waals surface area contributed by atoms with Crippen molar-refractivity contribution in [2.24, 2.45) is 0 Å². The molecule has 1 atom stereocenters. The van der Waals surface area contributed by atoms with Gasteiger partial charge in [0.15, 0.2) is 6.10 Å². The Kier molecular flexibility index (Phi) is 7.60. The molecule has 122 valence electrons. The van der Waals surface area contributed by atoms with Crippen molar-refractivity contribution >= 4 is 33.6 Å². The summed E-state index contributed by atoms with van der Waals surface area (Å²) in [5.41, 5.74) is 0. The Balaban J connectivity index is 1.62. The third-order valence-electron chi connectivity index (χ3n) is 3.80. The third kappa shape index (κ3) is 6.21. The molecule has 1 amide bonds. The van der Waals surface area contributed by atoms with Gasteiger partial charge >= 0.3 is 0 Å². The molecule has 1 saturated carbocycles. The first-order chi connectivity index (χ1) is 10.6. The average Bonchev–Trinajstić information content (AvgIpc) is 2.54. The predicted octanol–water partition coefficient (Wildman–Crippen LogP) is 4.40. The van der Waals surface area contributed by atoms with Crippen molar-refractivity contribution in [3.05, 3.63) is 28.7 Å². The minimum absolute atomic E-state index is 0.0489. The van der Waals surface area contributed by atoms with E-state index < -0.39 is 6.10 Å². The lowest BCUT2D eigenvalue weighted by molar-refractivity contribution is -0.127. The molecule has 3 nitrogen and oxygen atoms in total. The standard InChI is InChI=1S/C17H24BrNO2S/c1-13(21-15-9-7-14(18)8-10-15)17(20)19-11-12-22-16-5-3-2-4-6-16/h7-10,13,16H,2-6,11-12H2,1H3,(H,19,20)/t13-/m1/s1. The highest BCUT2D eigenvalue weighted by Crippen LogP contribution is 2.27. The largest absolute Gasteiger partial charge is 0.481 e. The van der Waals surface area contributed by atoms with Gasteiger partial charge in [-0.2, -0.15) is 11.8 Å². The number of halogens is 1. The molecule has 1 aromatic carbocycles. The fourth-order valence-corrected chi connectivity index (χ4v) is 4.03. The average molecular weight is 386 g/mol. The number of thioether (sulfide) groups is 1. The van der Waals surface area contributed by atoms with E-state index in [1.165, 1.54) is 32.1 Å². The normalized spacial score (nSPS) is 17.0. The molecule has 0 aromatic heterocycles. The lowest BCUT2D eigenvalue weighted by Crippen LogP contribution is -2.37. The number of carbonyl (C=O) groups is 1. The van der Waals surface area contributed by atoms with Crippen LogP contribution in [-0.2, 0) is 4.79 Å². The third-order valence-corrected chi connectivity index (χ3v) is 5.71. The van der Waals surface area contributed by atoms with Gasteiger partial charge in [-0.25, -0.2) is 0 Å². The highest BCUT2D eigenvalue weighted by Gasteiger charge is 2.16. The number of nitrogens with one attached hydrogen (secondary N) is 1. The number of benzene rings is 1. The molecule has 0 radical (unpaired) electrons. The van der Waals surface area contributed by atoms with E-state index in [-0.39, 0.29) is 5.91 Å². The zero-order valence-corrected chi connectivity index (χ0v) is 15.4. The Labute approximate surface area is 145 Å². The summed E-state index contributed by atoms with van der Waals surface area (Å²) >= 11 is 5.37. The fourth-order valence-electron chi connectivity index (χ4n) is 2.55. The van der Waals surface area contributed by atoms with Crippen molar-refractivity contribution in [1.82, 2.24) is 5.32 Å². The molecule has 22 heavy (non-hydrogen) atoms. The molecule has 0 spiro atoms. The van der Waals surface area contributed by atoms with E-state index in [4.69, 9.17) is 4.74 Å². The van der Waals surface area contributed by atoms with E-state index >= 15 is 0 Å². The number of rotatable bonds is 7. The number of amides is 1. The summed E-state index contributed by atoms with van der Waals surface area (Å²) in [7, 11) is 0. The molecule has 1 aliphatic carbocycles. The van der Waals surface area contributed by atoms with Crippen LogP contribution in [-0.4, -0.2) is 29.6 Å². The Morgan fingerprint density at radius 3 is 2.68 bits per heavy atom. The van der Waals surface area contributed by atoms with E-state index in [0.717, 1.165) is 15.5 Å². The van der Waals surface area contributed by atoms with E-state index in [0.29, 0.717) is 12.3 Å². The van der Waals surface area contributed by atoms with Gasteiger partial charge in [0, 0.05) is 22.0 Å². The van der Waals surface area contributed by atoms with Gasteiger partial charge in [0.25, 0.3) is 5.91 Å². The Morgan fingerprint density at radius 2 is 2.00 bits per heavy atom. The van der Waals surface area contributed by atoms with Gasteiger partial charge in [-0.15, -0.1) is 0 Å². The first kappa shape index (κ1) is 17.7. The van der Waals surface area contributed by atoms with Gasteiger partial charge in [-0.1, -0.05) is 35.2 Å². The number of ether oxygens (including phenoxy) is 1. The molecule has 0 aliphatic heterocycles. The van der Waals surface area contributed by atoms with Gasteiger partial charge in [0.2, 0.25) is 0 Å². The zero-order chi connectivity index (χ0) is 15.8. The SMILES string of the molecule is C[C@@H](Oc1ccc(Br)cc1)C(=O)NCCSC1CCCCC1. The molecule has 1 aliphatic rings.